The maximum Gasteiger partial charge on any atom is 0.243 e. The van der Waals surface area contributed by atoms with Crippen LogP contribution in [0.2, 0.25) is 0 Å². The molecule has 0 heterocycles. The van der Waals surface area contributed by atoms with Gasteiger partial charge in [-0.15, -0.1) is 0 Å². The Morgan fingerprint density at radius 1 is 1.10 bits per heavy atom. The number of benzene rings is 2. The maximum atomic E-state index is 13.5. The molecule has 3 nitrogen and oxygen atoms in total. The van der Waals surface area contributed by atoms with Crippen LogP contribution >= 0.6 is 31.9 Å². The lowest BCUT2D eigenvalue weighted by molar-refractivity contribution is -0.114. The molecule has 0 bridgehead atoms. The van der Waals surface area contributed by atoms with E-state index in [-0.39, 0.29) is 22.6 Å². The van der Waals surface area contributed by atoms with E-state index in [2.05, 4.69) is 42.5 Å². The van der Waals surface area contributed by atoms with Crippen molar-refractivity contribution in [2.24, 2.45) is 0 Å². The number of hydrogen-bond acceptors (Lipinski definition) is 2. The highest BCUT2D eigenvalue weighted by Crippen LogP contribution is 2.23. The zero-order valence-electron chi connectivity index (χ0n) is 10.6. The van der Waals surface area contributed by atoms with Crippen LogP contribution in [0.25, 0.3) is 0 Å². The van der Waals surface area contributed by atoms with E-state index >= 15 is 0 Å². The molecule has 0 aliphatic heterocycles. The molecule has 0 aromatic heterocycles. The first-order chi connectivity index (χ1) is 9.95. The highest BCUT2D eigenvalue weighted by Gasteiger charge is 2.09. The summed E-state index contributed by atoms with van der Waals surface area (Å²) in [6.07, 6.45) is 0. The van der Waals surface area contributed by atoms with Gasteiger partial charge in [-0.1, -0.05) is 22.0 Å². The molecule has 0 aliphatic rings. The minimum atomic E-state index is -0.758. The molecule has 2 aromatic rings. The lowest BCUT2D eigenvalue weighted by atomic mass is 10.3. The van der Waals surface area contributed by atoms with Crippen LogP contribution in [0.1, 0.15) is 0 Å². The Hall–Kier alpha value is -1.47. The third-order valence-electron chi connectivity index (χ3n) is 2.56. The molecule has 2 aromatic carbocycles. The Bertz CT molecular complexity index is 680. The summed E-state index contributed by atoms with van der Waals surface area (Å²) in [6, 6.07) is 9.09. The molecule has 0 atom stereocenters. The fourth-order valence-electron chi connectivity index (χ4n) is 1.60. The van der Waals surface area contributed by atoms with Gasteiger partial charge in [-0.2, -0.15) is 0 Å². The molecule has 0 fully saturated rings. The Morgan fingerprint density at radius 3 is 2.57 bits per heavy atom. The van der Waals surface area contributed by atoms with Gasteiger partial charge in [0.2, 0.25) is 5.91 Å². The predicted molar refractivity (Wildman–Crippen MR) is 85.3 cm³/mol. The molecule has 0 saturated heterocycles. The second-order valence-corrected chi connectivity index (χ2v) is 5.93. The van der Waals surface area contributed by atoms with Gasteiger partial charge in [0.05, 0.1) is 16.7 Å². The topological polar surface area (TPSA) is 41.1 Å². The molecular weight excluding hydrogens is 410 g/mol. The highest BCUT2D eigenvalue weighted by molar-refractivity contribution is 9.10. The van der Waals surface area contributed by atoms with Crippen molar-refractivity contribution in [2.45, 2.75) is 0 Å². The number of carbonyl (C=O) groups is 1. The van der Waals surface area contributed by atoms with Crippen molar-refractivity contribution in [3.8, 4) is 0 Å². The van der Waals surface area contributed by atoms with E-state index in [1.54, 1.807) is 18.2 Å². The van der Waals surface area contributed by atoms with Crippen LogP contribution in [0, 0.1) is 11.6 Å². The van der Waals surface area contributed by atoms with Crippen LogP contribution in [0.5, 0.6) is 0 Å². The molecule has 1 amide bonds. The minimum absolute atomic E-state index is 0.0488. The summed E-state index contributed by atoms with van der Waals surface area (Å²) >= 11 is 6.26. The Labute approximate surface area is 137 Å². The highest BCUT2D eigenvalue weighted by atomic mass is 79.9. The summed E-state index contributed by atoms with van der Waals surface area (Å²) in [7, 11) is 0. The molecule has 0 radical (unpaired) electrons. The zero-order chi connectivity index (χ0) is 15.4. The van der Waals surface area contributed by atoms with E-state index < -0.39 is 11.6 Å². The molecular formula is C14H10Br2F2N2O. The minimum Gasteiger partial charge on any atom is -0.374 e. The van der Waals surface area contributed by atoms with Crippen molar-refractivity contribution >= 4 is 49.1 Å². The lowest BCUT2D eigenvalue weighted by Gasteiger charge is -2.09. The van der Waals surface area contributed by atoms with E-state index in [4.69, 9.17) is 0 Å². The van der Waals surface area contributed by atoms with Gasteiger partial charge in [0.15, 0.2) is 0 Å². The van der Waals surface area contributed by atoms with Crippen LogP contribution in [-0.2, 0) is 4.79 Å². The van der Waals surface area contributed by atoms with Crippen LogP contribution < -0.4 is 10.6 Å². The number of nitrogens with one attached hydrogen (secondary N) is 2. The van der Waals surface area contributed by atoms with Gasteiger partial charge in [-0.05, 0) is 40.2 Å². The second kappa shape index (κ2) is 7.00. The first kappa shape index (κ1) is 15.9. The molecule has 21 heavy (non-hydrogen) atoms. The Balaban J connectivity index is 1.97. The molecule has 0 aliphatic carbocycles. The van der Waals surface area contributed by atoms with Crippen LogP contribution in [-0.4, -0.2) is 12.5 Å². The maximum absolute atomic E-state index is 13.5. The number of anilines is 2. The number of hydrogen-bond donors (Lipinski definition) is 2. The molecule has 2 N–H and O–H groups in total. The number of carbonyl (C=O) groups excluding carboxylic acids is 1. The van der Waals surface area contributed by atoms with Gasteiger partial charge in [0.1, 0.15) is 11.6 Å². The number of halogens is 4. The Kier molecular flexibility index (Phi) is 5.30. The van der Waals surface area contributed by atoms with Crippen molar-refractivity contribution < 1.29 is 13.6 Å². The van der Waals surface area contributed by atoms with Gasteiger partial charge in [0.25, 0.3) is 0 Å². The zero-order valence-corrected chi connectivity index (χ0v) is 13.8. The van der Waals surface area contributed by atoms with E-state index in [1.165, 1.54) is 6.07 Å². The third-order valence-corrected chi connectivity index (χ3v) is 3.66. The van der Waals surface area contributed by atoms with Gasteiger partial charge >= 0.3 is 0 Å². The van der Waals surface area contributed by atoms with E-state index in [9.17, 15) is 13.6 Å². The van der Waals surface area contributed by atoms with Crippen molar-refractivity contribution in [2.75, 3.05) is 17.2 Å². The van der Waals surface area contributed by atoms with Gasteiger partial charge in [-0.3, -0.25) is 4.79 Å². The molecule has 110 valence electrons. The smallest absolute Gasteiger partial charge is 0.243 e. The summed E-state index contributed by atoms with van der Waals surface area (Å²) in [6.45, 7) is -0.137. The summed E-state index contributed by atoms with van der Waals surface area (Å²) < 4.78 is 27.5. The SMILES string of the molecule is O=C(CNc1cc(Br)c(F)cc1F)Nc1cccc(Br)c1. The van der Waals surface area contributed by atoms with Crippen LogP contribution in [0.3, 0.4) is 0 Å². The summed E-state index contributed by atoms with van der Waals surface area (Å²) in [5, 5.41) is 5.28. The van der Waals surface area contributed by atoms with Crippen molar-refractivity contribution in [3.63, 3.8) is 0 Å². The molecule has 0 spiro atoms. The van der Waals surface area contributed by atoms with Crippen LogP contribution in [0.4, 0.5) is 20.2 Å². The first-order valence-corrected chi connectivity index (χ1v) is 7.48. The predicted octanol–water partition coefficient (Wildman–Crippen LogP) is 4.54. The van der Waals surface area contributed by atoms with Gasteiger partial charge in [-0.25, -0.2) is 8.78 Å². The number of rotatable bonds is 4. The average Bonchev–Trinajstić information content (AvgIpc) is 2.41. The quantitative estimate of drug-likeness (QED) is 0.714. The van der Waals surface area contributed by atoms with Gasteiger partial charge in [0, 0.05) is 16.2 Å². The van der Waals surface area contributed by atoms with E-state index in [1.807, 2.05) is 6.07 Å². The summed E-state index contributed by atoms with van der Waals surface area (Å²) in [5.41, 5.74) is 0.671. The third kappa shape index (κ3) is 4.50. The van der Waals surface area contributed by atoms with Crippen molar-refractivity contribution in [1.29, 1.82) is 0 Å². The standard InChI is InChI=1S/C14H10Br2F2N2O/c15-8-2-1-3-9(4-8)20-14(21)7-19-13-5-10(16)11(17)6-12(13)18/h1-6,19H,7H2,(H,20,21). The van der Waals surface area contributed by atoms with E-state index in [0.29, 0.717) is 5.69 Å². The fourth-order valence-corrected chi connectivity index (χ4v) is 2.35. The monoisotopic (exact) mass is 418 g/mol. The van der Waals surface area contributed by atoms with E-state index in [0.717, 1.165) is 10.5 Å². The summed E-state index contributed by atoms with van der Waals surface area (Å²) in [4.78, 5) is 11.8. The normalized spacial score (nSPS) is 10.3. The first-order valence-electron chi connectivity index (χ1n) is 5.89. The summed E-state index contributed by atoms with van der Waals surface area (Å²) in [5.74, 6) is -1.80. The van der Waals surface area contributed by atoms with Crippen molar-refractivity contribution in [1.82, 2.24) is 0 Å². The largest absolute Gasteiger partial charge is 0.374 e. The second-order valence-electron chi connectivity index (χ2n) is 4.16. The average molecular weight is 420 g/mol. The van der Waals surface area contributed by atoms with Crippen molar-refractivity contribution in [3.05, 3.63) is 57.0 Å². The molecule has 0 unspecified atom stereocenters. The van der Waals surface area contributed by atoms with Gasteiger partial charge < -0.3 is 10.6 Å². The molecule has 2 rings (SSSR count). The van der Waals surface area contributed by atoms with Crippen LogP contribution in [0.15, 0.2) is 45.3 Å². The lowest BCUT2D eigenvalue weighted by Crippen LogP contribution is -2.22. The molecule has 7 heteroatoms. The fraction of sp³-hybridized carbons (Fsp3) is 0.0714. The Morgan fingerprint density at radius 2 is 1.86 bits per heavy atom. The molecule has 0 saturated carbocycles. The number of amides is 1.